The fourth-order valence-electron chi connectivity index (χ4n) is 3.98. The number of hydrogen-bond acceptors (Lipinski definition) is 2. The molecule has 0 radical (unpaired) electrons. The molecule has 2 saturated heterocycles. The Kier molecular flexibility index (Phi) is 5.30. The van der Waals surface area contributed by atoms with E-state index in [0.29, 0.717) is 0 Å². The lowest BCUT2D eigenvalue weighted by Crippen LogP contribution is -2.53. The smallest absolute Gasteiger partial charge is 0.00340 e. The van der Waals surface area contributed by atoms with Crippen molar-refractivity contribution < 1.29 is 0 Å². The summed E-state index contributed by atoms with van der Waals surface area (Å²) in [7, 11) is 0. The van der Waals surface area contributed by atoms with E-state index in [-0.39, 0.29) is 0 Å². The van der Waals surface area contributed by atoms with Gasteiger partial charge in [-0.1, -0.05) is 27.7 Å². The summed E-state index contributed by atoms with van der Waals surface area (Å²) in [6.07, 6.45) is 6.03. The molecule has 112 valence electrons. The molecule has 2 aliphatic heterocycles. The molecular formula is C17H34N2. The van der Waals surface area contributed by atoms with E-state index in [1.165, 1.54) is 58.4 Å². The summed E-state index contributed by atoms with van der Waals surface area (Å²) in [4.78, 5) is 2.72. The summed E-state index contributed by atoms with van der Waals surface area (Å²) in [6, 6.07) is 0. The number of nitrogens with one attached hydrogen (secondary N) is 1. The fourth-order valence-corrected chi connectivity index (χ4v) is 3.98. The van der Waals surface area contributed by atoms with Crippen LogP contribution in [0.3, 0.4) is 0 Å². The molecule has 1 spiro atoms. The van der Waals surface area contributed by atoms with Crippen LogP contribution in [0, 0.1) is 23.2 Å². The molecule has 0 aromatic heterocycles. The Hall–Kier alpha value is -0.0800. The first kappa shape index (κ1) is 15.3. The zero-order chi connectivity index (χ0) is 13.9. The Morgan fingerprint density at radius 2 is 1.68 bits per heavy atom. The van der Waals surface area contributed by atoms with Gasteiger partial charge in [0, 0.05) is 19.6 Å². The van der Waals surface area contributed by atoms with E-state index in [9.17, 15) is 0 Å². The van der Waals surface area contributed by atoms with Crippen LogP contribution in [-0.4, -0.2) is 37.6 Å². The quantitative estimate of drug-likeness (QED) is 0.842. The number of nitrogens with zero attached hydrogens (tertiary/aromatic N) is 1. The molecule has 0 aromatic carbocycles. The van der Waals surface area contributed by atoms with Gasteiger partial charge in [-0.25, -0.2) is 0 Å². The third-order valence-corrected chi connectivity index (χ3v) is 5.63. The zero-order valence-electron chi connectivity index (χ0n) is 13.5. The van der Waals surface area contributed by atoms with Crippen LogP contribution in [0.2, 0.25) is 0 Å². The lowest BCUT2D eigenvalue weighted by Gasteiger charge is -2.54. The number of piperidine rings is 1. The van der Waals surface area contributed by atoms with Crippen molar-refractivity contribution in [2.24, 2.45) is 23.2 Å². The highest BCUT2D eigenvalue weighted by atomic mass is 15.1. The topological polar surface area (TPSA) is 15.3 Å². The molecule has 0 atom stereocenters. The van der Waals surface area contributed by atoms with Crippen molar-refractivity contribution in [2.45, 2.75) is 53.4 Å². The van der Waals surface area contributed by atoms with Gasteiger partial charge in [0.2, 0.25) is 0 Å². The third kappa shape index (κ3) is 3.52. The monoisotopic (exact) mass is 266 g/mol. The third-order valence-electron chi connectivity index (χ3n) is 5.63. The number of hydrogen-bond donors (Lipinski definition) is 1. The van der Waals surface area contributed by atoms with Crippen LogP contribution in [0.15, 0.2) is 0 Å². The van der Waals surface area contributed by atoms with Crippen molar-refractivity contribution in [3.8, 4) is 0 Å². The van der Waals surface area contributed by atoms with E-state index in [0.717, 1.165) is 23.2 Å². The summed E-state index contributed by atoms with van der Waals surface area (Å²) in [5.74, 6) is 2.91. The minimum atomic E-state index is 0.781. The van der Waals surface area contributed by atoms with Gasteiger partial charge in [-0.15, -0.1) is 0 Å². The second-order valence-electron chi connectivity index (χ2n) is 7.24. The molecule has 2 heteroatoms. The van der Waals surface area contributed by atoms with E-state index in [1.807, 2.05) is 13.8 Å². The normalized spacial score (nSPS) is 27.6. The van der Waals surface area contributed by atoms with Gasteiger partial charge in [-0.05, 0) is 61.9 Å². The van der Waals surface area contributed by atoms with Crippen molar-refractivity contribution in [3.63, 3.8) is 0 Å². The molecule has 2 nitrogen and oxygen atoms in total. The van der Waals surface area contributed by atoms with Gasteiger partial charge in [0.25, 0.3) is 0 Å². The van der Waals surface area contributed by atoms with Gasteiger partial charge < -0.3 is 10.2 Å². The van der Waals surface area contributed by atoms with Crippen molar-refractivity contribution >= 4 is 0 Å². The van der Waals surface area contributed by atoms with Crippen LogP contribution >= 0.6 is 0 Å². The van der Waals surface area contributed by atoms with E-state index in [4.69, 9.17) is 0 Å². The average molecular weight is 266 g/mol. The molecular weight excluding hydrogens is 232 g/mol. The Balaban J connectivity index is 0.000000637. The minimum absolute atomic E-state index is 0.781. The molecule has 1 aliphatic carbocycles. The van der Waals surface area contributed by atoms with Gasteiger partial charge in [0.05, 0.1) is 0 Å². The highest BCUT2D eigenvalue weighted by molar-refractivity contribution is 4.98. The summed E-state index contributed by atoms with van der Waals surface area (Å²) < 4.78 is 0. The van der Waals surface area contributed by atoms with Crippen LogP contribution in [0.1, 0.15) is 53.4 Å². The molecule has 1 N–H and O–H groups in total. The van der Waals surface area contributed by atoms with Gasteiger partial charge >= 0.3 is 0 Å². The highest BCUT2D eigenvalue weighted by Crippen LogP contribution is 2.54. The van der Waals surface area contributed by atoms with E-state index in [1.54, 1.807) is 0 Å². The maximum atomic E-state index is 3.38. The molecule has 3 rings (SSSR count). The average Bonchev–Trinajstić information content (AvgIpc) is 2.34. The molecule has 0 bridgehead atoms. The van der Waals surface area contributed by atoms with Crippen molar-refractivity contribution in [1.29, 1.82) is 0 Å². The van der Waals surface area contributed by atoms with Gasteiger partial charge in [0.1, 0.15) is 0 Å². The van der Waals surface area contributed by atoms with Crippen molar-refractivity contribution in [2.75, 3.05) is 32.7 Å². The first-order valence-electron chi connectivity index (χ1n) is 8.60. The Morgan fingerprint density at radius 1 is 1.11 bits per heavy atom. The predicted octanol–water partition coefficient (Wildman–Crippen LogP) is 3.38. The second-order valence-corrected chi connectivity index (χ2v) is 7.24. The van der Waals surface area contributed by atoms with Crippen LogP contribution in [0.5, 0.6) is 0 Å². The number of likely N-dealkylation sites (tertiary alicyclic amines) is 1. The molecule has 0 unspecified atom stereocenters. The van der Waals surface area contributed by atoms with Gasteiger partial charge in [-0.2, -0.15) is 0 Å². The first-order valence-corrected chi connectivity index (χ1v) is 8.60. The predicted molar refractivity (Wildman–Crippen MR) is 83.4 cm³/mol. The van der Waals surface area contributed by atoms with Crippen LogP contribution in [0.25, 0.3) is 0 Å². The molecule has 0 amide bonds. The Morgan fingerprint density at radius 3 is 2.11 bits per heavy atom. The zero-order valence-corrected chi connectivity index (χ0v) is 13.5. The maximum Gasteiger partial charge on any atom is 0.00340 e. The highest BCUT2D eigenvalue weighted by Gasteiger charge is 2.46. The SMILES string of the molecule is CC.CC(C)C1CC2(CCN(CC3CNC3)CC2)C1. The largest absolute Gasteiger partial charge is 0.316 e. The lowest BCUT2D eigenvalue weighted by atomic mass is 9.55. The van der Waals surface area contributed by atoms with Crippen LogP contribution in [0.4, 0.5) is 0 Å². The number of rotatable bonds is 3. The first-order chi connectivity index (χ1) is 9.17. The molecule has 3 fully saturated rings. The maximum absolute atomic E-state index is 3.38. The molecule has 3 aliphatic rings. The molecule has 19 heavy (non-hydrogen) atoms. The Bertz CT molecular complexity index is 254. The summed E-state index contributed by atoms with van der Waals surface area (Å²) >= 11 is 0. The standard InChI is InChI=1S/C15H28N2.C2H6/c1-12(2)14-7-15(8-14)3-5-17(6-4-15)11-13-9-16-10-13;1-2/h12-14,16H,3-11H2,1-2H3;1-2H3. The Labute approximate surface area is 120 Å². The van der Waals surface area contributed by atoms with Crippen LogP contribution < -0.4 is 5.32 Å². The van der Waals surface area contributed by atoms with Crippen molar-refractivity contribution in [1.82, 2.24) is 10.2 Å². The summed E-state index contributed by atoms with van der Waals surface area (Å²) in [5.41, 5.74) is 0.781. The molecule has 0 aromatic rings. The second kappa shape index (κ2) is 6.58. The minimum Gasteiger partial charge on any atom is -0.316 e. The van der Waals surface area contributed by atoms with E-state index in [2.05, 4.69) is 24.1 Å². The summed E-state index contributed by atoms with van der Waals surface area (Å²) in [5, 5.41) is 3.38. The van der Waals surface area contributed by atoms with Gasteiger partial charge in [-0.3, -0.25) is 0 Å². The fraction of sp³-hybridized carbons (Fsp3) is 1.00. The molecule has 1 saturated carbocycles. The lowest BCUT2D eigenvalue weighted by molar-refractivity contribution is -0.0346. The van der Waals surface area contributed by atoms with Gasteiger partial charge in [0.15, 0.2) is 0 Å². The van der Waals surface area contributed by atoms with E-state index < -0.39 is 0 Å². The van der Waals surface area contributed by atoms with Crippen LogP contribution in [-0.2, 0) is 0 Å². The van der Waals surface area contributed by atoms with Crippen molar-refractivity contribution in [3.05, 3.63) is 0 Å². The molecule has 2 heterocycles. The van der Waals surface area contributed by atoms with E-state index >= 15 is 0 Å². The summed E-state index contributed by atoms with van der Waals surface area (Å²) in [6.45, 7) is 15.4.